The van der Waals surface area contributed by atoms with E-state index in [-0.39, 0.29) is 5.41 Å². The van der Waals surface area contributed by atoms with Crippen LogP contribution in [0.15, 0.2) is 29.3 Å². The molecule has 31 heavy (non-hydrogen) atoms. The quantitative estimate of drug-likeness (QED) is 0.485. The second kappa shape index (κ2) is 11.7. The topological polar surface area (TPSA) is 67.4 Å². The van der Waals surface area contributed by atoms with Gasteiger partial charge in [0.25, 0.3) is 0 Å². The number of methoxy groups -OCH3 is 1. The number of nitrogens with one attached hydrogen (secondary N) is 2. The summed E-state index contributed by atoms with van der Waals surface area (Å²) in [5.41, 5.74) is 1.36. The van der Waals surface area contributed by atoms with Crippen molar-refractivity contribution in [2.45, 2.75) is 38.1 Å². The molecule has 2 N–H and O–H groups in total. The average Bonchev–Trinajstić information content (AvgIpc) is 2.82. The van der Waals surface area contributed by atoms with Gasteiger partial charge in [-0.15, -0.1) is 0 Å². The van der Waals surface area contributed by atoms with Gasteiger partial charge in [-0.3, -0.25) is 9.89 Å². The smallest absolute Gasteiger partial charge is 0.191 e. The van der Waals surface area contributed by atoms with E-state index in [4.69, 9.17) is 14.2 Å². The Bertz CT molecular complexity index is 681. The Hall–Kier alpha value is -1.83. The molecule has 1 aromatic carbocycles. The molecule has 0 aromatic heterocycles. The molecule has 0 spiro atoms. The van der Waals surface area contributed by atoms with Crippen molar-refractivity contribution in [2.24, 2.45) is 10.9 Å². The van der Waals surface area contributed by atoms with Crippen LogP contribution in [0, 0.1) is 5.92 Å². The molecule has 2 saturated heterocycles. The molecule has 0 radical (unpaired) electrons. The summed E-state index contributed by atoms with van der Waals surface area (Å²) in [6.45, 7) is 11.5. The minimum atomic E-state index is 0.0315. The number of hydrogen-bond donors (Lipinski definition) is 2. The maximum absolute atomic E-state index is 5.68. The maximum Gasteiger partial charge on any atom is 0.191 e. The van der Waals surface area contributed by atoms with Crippen molar-refractivity contribution < 1.29 is 14.2 Å². The molecule has 2 fully saturated rings. The van der Waals surface area contributed by atoms with Crippen molar-refractivity contribution >= 4 is 5.96 Å². The van der Waals surface area contributed by atoms with Crippen LogP contribution in [0.4, 0.5) is 0 Å². The summed E-state index contributed by atoms with van der Waals surface area (Å²) in [6, 6.07) is 8.94. The molecule has 7 heteroatoms. The van der Waals surface area contributed by atoms with Crippen LogP contribution in [0.25, 0.3) is 0 Å². The second-order valence-corrected chi connectivity index (χ2v) is 8.89. The molecule has 1 unspecified atom stereocenters. The summed E-state index contributed by atoms with van der Waals surface area (Å²) >= 11 is 0. The van der Waals surface area contributed by atoms with E-state index in [0.717, 1.165) is 77.2 Å². The summed E-state index contributed by atoms with van der Waals surface area (Å²) in [5, 5.41) is 7.19. The highest BCUT2D eigenvalue weighted by molar-refractivity contribution is 5.79. The number of ether oxygens (including phenoxy) is 3. The third-order valence-electron chi connectivity index (χ3n) is 6.73. The van der Waals surface area contributed by atoms with Crippen LogP contribution in [-0.2, 0) is 14.9 Å². The predicted octanol–water partition coefficient (Wildman–Crippen LogP) is 2.27. The van der Waals surface area contributed by atoms with Gasteiger partial charge in [-0.2, -0.15) is 0 Å². The van der Waals surface area contributed by atoms with Crippen LogP contribution >= 0.6 is 0 Å². The fourth-order valence-electron chi connectivity index (χ4n) is 4.64. The van der Waals surface area contributed by atoms with Crippen LogP contribution in [0.5, 0.6) is 5.75 Å². The zero-order valence-electron chi connectivity index (χ0n) is 19.7. The fraction of sp³-hybridized carbons (Fsp3) is 0.708. The molecule has 2 aliphatic heterocycles. The molecule has 1 aromatic rings. The zero-order chi connectivity index (χ0) is 22.1. The Kier molecular flexibility index (Phi) is 8.99. The lowest BCUT2D eigenvalue weighted by atomic mass is 9.74. The van der Waals surface area contributed by atoms with Gasteiger partial charge in [0, 0.05) is 57.9 Å². The highest BCUT2D eigenvalue weighted by atomic mass is 16.5. The molecule has 0 saturated carbocycles. The van der Waals surface area contributed by atoms with Gasteiger partial charge in [-0.05, 0) is 36.5 Å². The van der Waals surface area contributed by atoms with Crippen molar-refractivity contribution in [3.05, 3.63) is 29.8 Å². The van der Waals surface area contributed by atoms with Gasteiger partial charge in [0.05, 0.1) is 20.3 Å². The highest BCUT2D eigenvalue weighted by Gasteiger charge is 2.35. The zero-order valence-corrected chi connectivity index (χ0v) is 19.7. The molecule has 0 amide bonds. The molecule has 1 atom stereocenters. The fourth-order valence-corrected chi connectivity index (χ4v) is 4.64. The first-order valence-corrected chi connectivity index (χ1v) is 11.6. The summed E-state index contributed by atoms with van der Waals surface area (Å²) in [5.74, 6) is 2.31. The summed E-state index contributed by atoms with van der Waals surface area (Å²) in [4.78, 5) is 7.03. The van der Waals surface area contributed by atoms with Crippen LogP contribution in [0.2, 0.25) is 0 Å². The molecule has 174 valence electrons. The summed E-state index contributed by atoms with van der Waals surface area (Å²) in [6.07, 6.45) is 1.98. The average molecular weight is 433 g/mol. The number of morpholine rings is 1. The van der Waals surface area contributed by atoms with Crippen molar-refractivity contribution in [1.82, 2.24) is 15.5 Å². The second-order valence-electron chi connectivity index (χ2n) is 8.89. The van der Waals surface area contributed by atoms with Gasteiger partial charge in [-0.25, -0.2) is 0 Å². The lowest BCUT2D eigenvalue weighted by Gasteiger charge is -2.39. The number of hydrogen-bond acceptors (Lipinski definition) is 5. The minimum Gasteiger partial charge on any atom is -0.497 e. The van der Waals surface area contributed by atoms with Crippen LogP contribution < -0.4 is 15.4 Å². The molecule has 0 bridgehead atoms. The lowest BCUT2D eigenvalue weighted by molar-refractivity contribution is 0.00750. The van der Waals surface area contributed by atoms with Gasteiger partial charge in [-0.1, -0.05) is 26.0 Å². The van der Waals surface area contributed by atoms with Gasteiger partial charge in [0.15, 0.2) is 5.96 Å². The van der Waals surface area contributed by atoms with E-state index >= 15 is 0 Å². The number of nitrogens with zero attached hydrogens (tertiary/aromatic N) is 2. The number of benzene rings is 1. The molecule has 2 heterocycles. The Morgan fingerprint density at radius 2 is 1.71 bits per heavy atom. The van der Waals surface area contributed by atoms with Gasteiger partial charge in [0.2, 0.25) is 0 Å². The first-order chi connectivity index (χ1) is 15.1. The molecular formula is C24H40N4O3. The van der Waals surface area contributed by atoms with E-state index in [2.05, 4.69) is 58.6 Å². The van der Waals surface area contributed by atoms with Gasteiger partial charge in [0.1, 0.15) is 5.75 Å². The standard InChI is InChI=1S/C24H40N4O3/c1-19(2)22(28-11-15-31-16-12-28)17-26-23(25-3)27-18-24(9-13-30-14-10-24)20-5-7-21(29-4)8-6-20/h5-8,19,22H,9-18H2,1-4H3,(H2,25,26,27). The van der Waals surface area contributed by atoms with Crippen molar-refractivity contribution in [3.63, 3.8) is 0 Å². The highest BCUT2D eigenvalue weighted by Crippen LogP contribution is 2.35. The van der Waals surface area contributed by atoms with Crippen LogP contribution in [0.1, 0.15) is 32.3 Å². The maximum atomic E-state index is 5.68. The first-order valence-electron chi connectivity index (χ1n) is 11.6. The van der Waals surface area contributed by atoms with Gasteiger partial charge >= 0.3 is 0 Å². The third-order valence-corrected chi connectivity index (χ3v) is 6.73. The number of rotatable bonds is 8. The number of guanidine groups is 1. The largest absolute Gasteiger partial charge is 0.497 e. The van der Waals surface area contributed by atoms with Crippen LogP contribution in [-0.4, -0.2) is 83.7 Å². The van der Waals surface area contributed by atoms with E-state index in [1.807, 2.05) is 7.05 Å². The Balaban J connectivity index is 1.62. The van der Waals surface area contributed by atoms with Crippen molar-refractivity contribution in [1.29, 1.82) is 0 Å². The Morgan fingerprint density at radius 3 is 2.29 bits per heavy atom. The van der Waals surface area contributed by atoms with Gasteiger partial charge < -0.3 is 24.8 Å². The van der Waals surface area contributed by atoms with Crippen molar-refractivity contribution in [3.8, 4) is 5.75 Å². The lowest BCUT2D eigenvalue weighted by Crippen LogP contribution is -2.54. The van der Waals surface area contributed by atoms with E-state index in [1.54, 1.807) is 7.11 Å². The van der Waals surface area contributed by atoms with E-state index < -0.39 is 0 Å². The molecule has 3 rings (SSSR count). The number of aliphatic imine (C=N–C) groups is 1. The molecule has 0 aliphatic carbocycles. The van der Waals surface area contributed by atoms with Crippen LogP contribution in [0.3, 0.4) is 0 Å². The summed E-state index contributed by atoms with van der Waals surface area (Å²) < 4.78 is 16.6. The third kappa shape index (κ3) is 6.34. The van der Waals surface area contributed by atoms with E-state index in [9.17, 15) is 0 Å². The monoisotopic (exact) mass is 432 g/mol. The molecule has 7 nitrogen and oxygen atoms in total. The molecule has 2 aliphatic rings. The van der Waals surface area contributed by atoms with Crippen molar-refractivity contribution in [2.75, 3.05) is 66.8 Å². The normalized spacial score (nSPS) is 21.0. The Labute approximate surface area is 187 Å². The van der Waals surface area contributed by atoms with E-state index in [0.29, 0.717) is 12.0 Å². The predicted molar refractivity (Wildman–Crippen MR) is 125 cm³/mol. The first kappa shape index (κ1) is 23.8. The minimum absolute atomic E-state index is 0.0315. The SMILES string of the molecule is CN=C(NCC(C(C)C)N1CCOCC1)NCC1(c2ccc(OC)cc2)CCOCC1. The van der Waals surface area contributed by atoms with E-state index in [1.165, 1.54) is 5.56 Å². The molecular weight excluding hydrogens is 392 g/mol. The summed E-state index contributed by atoms with van der Waals surface area (Å²) in [7, 11) is 3.55. The Morgan fingerprint density at radius 1 is 1.06 bits per heavy atom.